The molecule has 1 rings (SSSR count). The van der Waals surface area contributed by atoms with Crippen LogP contribution in [0.3, 0.4) is 0 Å². The predicted molar refractivity (Wildman–Crippen MR) is 42.6 cm³/mol. The number of terminal acetylenes is 1. The maximum atomic E-state index is 11.0. The van der Waals surface area contributed by atoms with Gasteiger partial charge >= 0.3 is 0 Å². The minimum Gasteiger partial charge on any atom is -0.243 e. The highest BCUT2D eigenvalue weighted by Gasteiger charge is 2.20. The van der Waals surface area contributed by atoms with Crippen molar-refractivity contribution in [2.45, 2.75) is 6.42 Å². The van der Waals surface area contributed by atoms with Crippen molar-refractivity contribution in [2.75, 3.05) is 19.3 Å². The lowest BCUT2D eigenvalue weighted by Gasteiger charge is -2.24. The van der Waals surface area contributed by atoms with Crippen LogP contribution in [0.5, 0.6) is 0 Å². The molecule has 2 unspecified atom stereocenters. The highest BCUT2D eigenvalue weighted by molar-refractivity contribution is 7.82. The van der Waals surface area contributed by atoms with Crippen LogP contribution in [0.15, 0.2) is 0 Å². The van der Waals surface area contributed by atoms with Crippen LogP contribution < -0.4 is 0 Å². The molecule has 0 aromatic heterocycles. The Morgan fingerprint density at radius 3 is 3.00 bits per heavy atom. The van der Waals surface area contributed by atoms with Crippen LogP contribution in [0.1, 0.15) is 6.42 Å². The average Bonchev–Trinajstić information content (AvgIpc) is 1.95. The molecule has 1 fully saturated rings. The molecule has 2 nitrogen and oxygen atoms in total. The SMILES string of the molecule is C#CC1CCS(=O)N(C)C1. The summed E-state index contributed by atoms with van der Waals surface area (Å²) < 4.78 is 12.8. The molecule has 0 radical (unpaired) electrons. The average molecular weight is 157 g/mol. The van der Waals surface area contributed by atoms with Crippen LogP contribution in [-0.4, -0.2) is 27.9 Å². The predicted octanol–water partition coefficient (Wildman–Crippen LogP) is 0.235. The lowest BCUT2D eigenvalue weighted by Crippen LogP contribution is -2.34. The Bertz CT molecular complexity index is 185. The Morgan fingerprint density at radius 2 is 2.50 bits per heavy atom. The lowest BCUT2D eigenvalue weighted by molar-refractivity contribution is 0.427. The minimum atomic E-state index is -0.769. The summed E-state index contributed by atoms with van der Waals surface area (Å²) >= 11 is 0. The fraction of sp³-hybridized carbons (Fsp3) is 0.714. The molecular formula is C7H11NOS. The van der Waals surface area contributed by atoms with Crippen molar-refractivity contribution in [2.24, 2.45) is 5.92 Å². The molecule has 0 N–H and O–H groups in total. The summed E-state index contributed by atoms with van der Waals surface area (Å²) in [5.41, 5.74) is 0. The van der Waals surface area contributed by atoms with Gasteiger partial charge in [-0.15, -0.1) is 12.3 Å². The summed E-state index contributed by atoms with van der Waals surface area (Å²) in [4.78, 5) is 0. The van der Waals surface area contributed by atoms with E-state index >= 15 is 0 Å². The van der Waals surface area contributed by atoms with Gasteiger partial charge in [-0.3, -0.25) is 0 Å². The Balaban J connectivity index is 2.50. The highest BCUT2D eigenvalue weighted by atomic mass is 32.2. The zero-order chi connectivity index (χ0) is 7.56. The van der Waals surface area contributed by atoms with E-state index in [1.165, 1.54) is 0 Å². The Labute approximate surface area is 64.2 Å². The van der Waals surface area contributed by atoms with Crippen LogP contribution in [-0.2, 0) is 11.0 Å². The van der Waals surface area contributed by atoms with E-state index in [9.17, 15) is 4.21 Å². The monoisotopic (exact) mass is 157 g/mol. The van der Waals surface area contributed by atoms with E-state index in [2.05, 4.69) is 5.92 Å². The van der Waals surface area contributed by atoms with E-state index in [4.69, 9.17) is 6.42 Å². The van der Waals surface area contributed by atoms with Crippen molar-refractivity contribution in [1.29, 1.82) is 0 Å². The second-order valence-corrected chi connectivity index (χ2v) is 4.16. The van der Waals surface area contributed by atoms with Crippen molar-refractivity contribution in [3.63, 3.8) is 0 Å². The smallest absolute Gasteiger partial charge is 0.0940 e. The first-order valence-corrected chi connectivity index (χ1v) is 4.57. The van der Waals surface area contributed by atoms with Crippen LogP contribution in [0.25, 0.3) is 0 Å². The van der Waals surface area contributed by atoms with Crippen LogP contribution in [0.4, 0.5) is 0 Å². The topological polar surface area (TPSA) is 20.3 Å². The van der Waals surface area contributed by atoms with E-state index in [1.54, 1.807) is 0 Å². The normalized spacial score (nSPS) is 35.2. The van der Waals surface area contributed by atoms with E-state index < -0.39 is 11.0 Å². The van der Waals surface area contributed by atoms with Crippen LogP contribution in [0.2, 0.25) is 0 Å². The van der Waals surface area contributed by atoms with E-state index in [0.29, 0.717) is 5.92 Å². The van der Waals surface area contributed by atoms with E-state index in [1.807, 2.05) is 11.4 Å². The molecule has 0 bridgehead atoms. The summed E-state index contributed by atoms with van der Waals surface area (Å²) in [5, 5.41) is 0. The van der Waals surface area contributed by atoms with Gasteiger partial charge in [0.25, 0.3) is 0 Å². The first-order valence-electron chi connectivity index (χ1n) is 3.30. The third-order valence-electron chi connectivity index (χ3n) is 1.70. The molecule has 1 aliphatic heterocycles. The summed E-state index contributed by atoms with van der Waals surface area (Å²) in [6.07, 6.45) is 6.15. The Morgan fingerprint density at radius 1 is 1.80 bits per heavy atom. The Hall–Kier alpha value is -0.330. The molecular weight excluding hydrogens is 146 g/mol. The zero-order valence-electron chi connectivity index (χ0n) is 6.04. The van der Waals surface area contributed by atoms with Gasteiger partial charge in [0.2, 0.25) is 0 Å². The standard InChI is InChI=1S/C7H11NOS/c1-3-7-4-5-10(9)8(2)6-7/h1,7H,4-6H2,2H3. The number of hydrogen-bond acceptors (Lipinski definition) is 1. The van der Waals surface area contributed by atoms with Gasteiger partial charge in [0.1, 0.15) is 0 Å². The van der Waals surface area contributed by atoms with Gasteiger partial charge in [-0.2, -0.15) is 0 Å². The largest absolute Gasteiger partial charge is 0.243 e. The van der Waals surface area contributed by atoms with E-state index in [0.717, 1.165) is 18.7 Å². The molecule has 0 aromatic rings. The van der Waals surface area contributed by atoms with Gasteiger partial charge in [-0.25, -0.2) is 8.51 Å². The van der Waals surface area contributed by atoms with Gasteiger partial charge in [-0.05, 0) is 13.5 Å². The fourth-order valence-electron chi connectivity index (χ4n) is 1.02. The molecule has 1 saturated heterocycles. The second-order valence-electron chi connectivity index (χ2n) is 2.49. The summed E-state index contributed by atoms with van der Waals surface area (Å²) in [6, 6.07) is 0. The van der Waals surface area contributed by atoms with Crippen molar-refractivity contribution in [1.82, 2.24) is 4.31 Å². The van der Waals surface area contributed by atoms with Gasteiger partial charge in [0.05, 0.1) is 11.0 Å². The number of hydrogen-bond donors (Lipinski definition) is 0. The molecule has 10 heavy (non-hydrogen) atoms. The molecule has 1 heterocycles. The van der Waals surface area contributed by atoms with E-state index in [-0.39, 0.29) is 0 Å². The molecule has 1 aliphatic rings. The second kappa shape index (κ2) is 3.18. The third kappa shape index (κ3) is 1.59. The molecule has 0 saturated carbocycles. The van der Waals surface area contributed by atoms with Gasteiger partial charge in [-0.1, -0.05) is 0 Å². The fourth-order valence-corrected chi connectivity index (χ4v) is 2.16. The van der Waals surface area contributed by atoms with Crippen molar-refractivity contribution in [3.05, 3.63) is 0 Å². The Kier molecular flexibility index (Phi) is 2.47. The number of rotatable bonds is 0. The molecule has 0 amide bonds. The van der Waals surface area contributed by atoms with Crippen molar-refractivity contribution >= 4 is 11.0 Å². The highest BCUT2D eigenvalue weighted by Crippen LogP contribution is 2.12. The summed E-state index contributed by atoms with van der Waals surface area (Å²) in [5.74, 6) is 3.71. The maximum Gasteiger partial charge on any atom is 0.0940 e. The van der Waals surface area contributed by atoms with Crippen LogP contribution >= 0.6 is 0 Å². The van der Waals surface area contributed by atoms with Crippen molar-refractivity contribution in [3.8, 4) is 12.3 Å². The number of nitrogens with zero attached hydrogens (tertiary/aromatic N) is 1. The molecule has 0 spiro atoms. The molecule has 0 aliphatic carbocycles. The minimum absolute atomic E-state index is 0.308. The van der Waals surface area contributed by atoms with Crippen molar-refractivity contribution < 1.29 is 4.21 Å². The summed E-state index contributed by atoms with van der Waals surface area (Å²) in [6.45, 7) is 0.781. The summed E-state index contributed by atoms with van der Waals surface area (Å²) in [7, 11) is 1.08. The van der Waals surface area contributed by atoms with Gasteiger partial charge in [0.15, 0.2) is 0 Å². The molecule has 3 heteroatoms. The molecule has 2 atom stereocenters. The van der Waals surface area contributed by atoms with Gasteiger partial charge in [0, 0.05) is 18.2 Å². The first-order chi connectivity index (χ1) is 4.74. The zero-order valence-corrected chi connectivity index (χ0v) is 6.86. The van der Waals surface area contributed by atoms with Crippen LogP contribution in [0, 0.1) is 18.3 Å². The first kappa shape index (κ1) is 7.77. The molecule has 56 valence electrons. The quantitative estimate of drug-likeness (QED) is 0.461. The maximum absolute atomic E-state index is 11.0. The van der Waals surface area contributed by atoms with Gasteiger partial charge < -0.3 is 0 Å². The molecule has 0 aromatic carbocycles. The lowest BCUT2D eigenvalue weighted by atomic mass is 10.1. The third-order valence-corrected chi connectivity index (χ3v) is 3.13.